The smallest absolute Gasteiger partial charge is 0.269 e. The molecule has 0 spiro atoms. The number of benzene rings is 2. The average Bonchev–Trinajstić information content (AvgIpc) is 3.15. The number of ether oxygens (including phenoxy) is 2. The van der Waals surface area contributed by atoms with Crippen molar-refractivity contribution in [2.45, 2.75) is 6.54 Å². The molecular weight excluding hydrogens is 354 g/mol. The van der Waals surface area contributed by atoms with Crippen molar-refractivity contribution in [3.05, 3.63) is 64.8 Å². The molecule has 6 nitrogen and oxygen atoms in total. The molecule has 0 aliphatic rings. The lowest BCUT2D eigenvalue weighted by atomic mass is 10.1. The van der Waals surface area contributed by atoms with Crippen LogP contribution in [0.1, 0.15) is 16.1 Å². The second-order valence-electron chi connectivity index (χ2n) is 5.55. The maximum atomic E-state index is 12.3. The van der Waals surface area contributed by atoms with E-state index in [1.54, 1.807) is 32.4 Å². The van der Waals surface area contributed by atoms with Crippen molar-refractivity contribution < 1.29 is 14.3 Å². The standard InChI is InChI=1S/C19H18ClN3O3/c1-25-14-6-7-15(18(9-14)26-2)16-10-17(23-22-16)19(24)21-11-12-4-3-5-13(20)8-12/h3-10H,11H2,1-2H3,(H,21,24)(H,22,23). The lowest BCUT2D eigenvalue weighted by molar-refractivity contribution is 0.0946. The minimum absolute atomic E-state index is 0.254. The Labute approximate surface area is 156 Å². The fourth-order valence-electron chi connectivity index (χ4n) is 2.51. The van der Waals surface area contributed by atoms with Gasteiger partial charge in [0.2, 0.25) is 0 Å². The van der Waals surface area contributed by atoms with Crippen molar-refractivity contribution in [2.24, 2.45) is 0 Å². The van der Waals surface area contributed by atoms with Gasteiger partial charge in [-0.3, -0.25) is 9.89 Å². The molecule has 0 atom stereocenters. The SMILES string of the molecule is COc1ccc(-c2cc(C(=O)NCc3cccc(Cl)c3)[nH]n2)c(OC)c1. The van der Waals surface area contributed by atoms with E-state index in [9.17, 15) is 4.79 Å². The fourth-order valence-corrected chi connectivity index (χ4v) is 2.72. The highest BCUT2D eigenvalue weighted by Gasteiger charge is 2.14. The number of carbonyl (C=O) groups excluding carboxylic acids is 1. The van der Waals surface area contributed by atoms with E-state index in [1.165, 1.54) is 0 Å². The Bertz CT molecular complexity index is 924. The molecule has 2 aromatic carbocycles. The van der Waals surface area contributed by atoms with Crippen molar-refractivity contribution in [3.8, 4) is 22.8 Å². The third-order valence-corrected chi connectivity index (χ3v) is 4.08. The number of methoxy groups -OCH3 is 2. The van der Waals surface area contributed by atoms with Crippen LogP contribution in [0.15, 0.2) is 48.5 Å². The summed E-state index contributed by atoms with van der Waals surface area (Å²) >= 11 is 5.95. The number of rotatable bonds is 6. The van der Waals surface area contributed by atoms with Crippen molar-refractivity contribution in [1.29, 1.82) is 0 Å². The van der Waals surface area contributed by atoms with E-state index in [0.717, 1.165) is 11.1 Å². The zero-order valence-corrected chi connectivity index (χ0v) is 15.1. The average molecular weight is 372 g/mol. The monoisotopic (exact) mass is 371 g/mol. The number of hydrogen-bond donors (Lipinski definition) is 2. The number of nitrogens with one attached hydrogen (secondary N) is 2. The summed E-state index contributed by atoms with van der Waals surface area (Å²) in [6.07, 6.45) is 0. The van der Waals surface area contributed by atoms with Crippen LogP contribution < -0.4 is 14.8 Å². The molecule has 0 radical (unpaired) electrons. The Morgan fingerprint density at radius 3 is 2.73 bits per heavy atom. The first-order valence-electron chi connectivity index (χ1n) is 7.91. The molecule has 3 rings (SSSR count). The molecule has 0 saturated carbocycles. The van der Waals surface area contributed by atoms with E-state index in [-0.39, 0.29) is 5.91 Å². The third-order valence-electron chi connectivity index (χ3n) is 3.85. The van der Waals surface area contributed by atoms with E-state index in [2.05, 4.69) is 15.5 Å². The molecule has 2 N–H and O–H groups in total. The Kier molecular flexibility index (Phi) is 5.43. The Morgan fingerprint density at radius 1 is 1.15 bits per heavy atom. The van der Waals surface area contributed by atoms with Gasteiger partial charge in [0.15, 0.2) is 0 Å². The van der Waals surface area contributed by atoms with Crippen molar-refractivity contribution in [3.63, 3.8) is 0 Å². The first kappa shape index (κ1) is 17.8. The molecular formula is C19H18ClN3O3. The predicted molar refractivity (Wildman–Crippen MR) is 99.7 cm³/mol. The van der Waals surface area contributed by atoms with Gasteiger partial charge in [-0.25, -0.2) is 0 Å². The zero-order valence-electron chi connectivity index (χ0n) is 14.4. The molecule has 1 heterocycles. The van der Waals surface area contributed by atoms with Crippen LogP contribution in [0.2, 0.25) is 5.02 Å². The first-order chi connectivity index (χ1) is 12.6. The highest BCUT2D eigenvalue weighted by molar-refractivity contribution is 6.30. The summed E-state index contributed by atoms with van der Waals surface area (Å²) in [6, 6.07) is 14.4. The van der Waals surface area contributed by atoms with Crippen LogP contribution in [0.25, 0.3) is 11.3 Å². The first-order valence-corrected chi connectivity index (χ1v) is 8.29. The second kappa shape index (κ2) is 7.93. The van der Waals surface area contributed by atoms with Crippen LogP contribution in [-0.2, 0) is 6.54 Å². The topological polar surface area (TPSA) is 76.2 Å². The summed E-state index contributed by atoms with van der Waals surface area (Å²) in [5, 5.41) is 10.4. The quantitative estimate of drug-likeness (QED) is 0.693. The minimum atomic E-state index is -0.254. The number of aromatic nitrogens is 2. The van der Waals surface area contributed by atoms with E-state index in [0.29, 0.717) is 34.5 Å². The molecule has 0 aliphatic heterocycles. The number of amides is 1. The van der Waals surface area contributed by atoms with Gasteiger partial charge < -0.3 is 14.8 Å². The molecule has 134 valence electrons. The number of H-pyrrole nitrogens is 1. The van der Waals surface area contributed by atoms with Gasteiger partial charge in [0.05, 0.1) is 19.9 Å². The van der Waals surface area contributed by atoms with Crippen molar-refractivity contribution in [2.75, 3.05) is 14.2 Å². The molecule has 1 amide bonds. The van der Waals surface area contributed by atoms with Gasteiger partial charge in [0.1, 0.15) is 17.2 Å². The summed E-state index contributed by atoms with van der Waals surface area (Å²) in [6.45, 7) is 0.375. The van der Waals surface area contributed by atoms with Gasteiger partial charge in [-0.05, 0) is 35.9 Å². The van der Waals surface area contributed by atoms with E-state index < -0.39 is 0 Å². The van der Waals surface area contributed by atoms with Crippen LogP contribution in [-0.4, -0.2) is 30.3 Å². The zero-order chi connectivity index (χ0) is 18.5. The number of nitrogens with zero attached hydrogens (tertiary/aromatic N) is 1. The minimum Gasteiger partial charge on any atom is -0.497 e. The molecule has 7 heteroatoms. The highest BCUT2D eigenvalue weighted by atomic mass is 35.5. The second-order valence-corrected chi connectivity index (χ2v) is 5.98. The molecule has 0 unspecified atom stereocenters. The Balaban J connectivity index is 1.74. The fraction of sp³-hybridized carbons (Fsp3) is 0.158. The molecule has 0 saturated heterocycles. The van der Waals surface area contributed by atoms with Crippen LogP contribution in [0.5, 0.6) is 11.5 Å². The van der Waals surface area contributed by atoms with Gasteiger partial charge in [-0.2, -0.15) is 5.10 Å². The van der Waals surface area contributed by atoms with Crippen LogP contribution in [0.3, 0.4) is 0 Å². The highest BCUT2D eigenvalue weighted by Crippen LogP contribution is 2.32. The number of aromatic amines is 1. The molecule has 0 bridgehead atoms. The van der Waals surface area contributed by atoms with E-state index in [4.69, 9.17) is 21.1 Å². The number of carbonyl (C=O) groups is 1. The van der Waals surface area contributed by atoms with E-state index >= 15 is 0 Å². The molecule has 3 aromatic rings. The third kappa shape index (κ3) is 3.97. The number of halogens is 1. The summed E-state index contributed by atoms with van der Waals surface area (Å²) in [5.74, 6) is 1.04. The Hall–Kier alpha value is -2.99. The van der Waals surface area contributed by atoms with Crippen LogP contribution >= 0.6 is 11.6 Å². The molecule has 26 heavy (non-hydrogen) atoms. The maximum absolute atomic E-state index is 12.3. The molecule has 1 aromatic heterocycles. The van der Waals surface area contributed by atoms with Gasteiger partial charge in [-0.15, -0.1) is 0 Å². The van der Waals surface area contributed by atoms with Gasteiger partial charge in [0.25, 0.3) is 5.91 Å². The van der Waals surface area contributed by atoms with Crippen molar-refractivity contribution >= 4 is 17.5 Å². The predicted octanol–water partition coefficient (Wildman–Crippen LogP) is 3.68. The van der Waals surface area contributed by atoms with Crippen LogP contribution in [0.4, 0.5) is 0 Å². The largest absolute Gasteiger partial charge is 0.497 e. The summed E-state index contributed by atoms with van der Waals surface area (Å²) < 4.78 is 10.6. The summed E-state index contributed by atoms with van der Waals surface area (Å²) in [7, 11) is 3.16. The molecule has 0 fully saturated rings. The maximum Gasteiger partial charge on any atom is 0.269 e. The normalized spacial score (nSPS) is 10.4. The summed E-state index contributed by atoms with van der Waals surface area (Å²) in [4.78, 5) is 12.3. The lowest BCUT2D eigenvalue weighted by Crippen LogP contribution is -2.23. The van der Waals surface area contributed by atoms with Gasteiger partial charge in [-0.1, -0.05) is 23.7 Å². The Morgan fingerprint density at radius 2 is 2.00 bits per heavy atom. The summed E-state index contributed by atoms with van der Waals surface area (Å²) in [5.41, 5.74) is 2.65. The van der Waals surface area contributed by atoms with Gasteiger partial charge >= 0.3 is 0 Å². The molecule has 0 aliphatic carbocycles. The van der Waals surface area contributed by atoms with Gasteiger partial charge in [0, 0.05) is 23.2 Å². The van der Waals surface area contributed by atoms with Crippen LogP contribution in [0, 0.1) is 0 Å². The van der Waals surface area contributed by atoms with E-state index in [1.807, 2.05) is 30.3 Å². The lowest BCUT2D eigenvalue weighted by Gasteiger charge is -2.08. The number of hydrogen-bond acceptors (Lipinski definition) is 4. The van der Waals surface area contributed by atoms with Crippen molar-refractivity contribution in [1.82, 2.24) is 15.5 Å².